The van der Waals surface area contributed by atoms with Gasteiger partial charge in [-0.2, -0.15) is 0 Å². The van der Waals surface area contributed by atoms with E-state index in [9.17, 15) is 4.79 Å². The van der Waals surface area contributed by atoms with E-state index in [2.05, 4.69) is 15.3 Å². The minimum Gasteiger partial charge on any atom is -0.477 e. The monoisotopic (exact) mass is 271 g/mol. The van der Waals surface area contributed by atoms with E-state index in [1.807, 2.05) is 25.1 Å². The summed E-state index contributed by atoms with van der Waals surface area (Å²) in [5, 5.41) is 2.85. The second kappa shape index (κ2) is 7.23. The summed E-state index contributed by atoms with van der Waals surface area (Å²) in [5.41, 5.74) is 1.40. The molecule has 0 aliphatic heterocycles. The third-order valence-corrected chi connectivity index (χ3v) is 2.69. The molecule has 0 saturated carbocycles. The van der Waals surface area contributed by atoms with E-state index in [0.717, 1.165) is 5.69 Å². The normalized spacial score (nSPS) is 10.1. The molecule has 0 spiro atoms. The molecule has 2 heterocycles. The molecule has 0 aromatic carbocycles. The van der Waals surface area contributed by atoms with Gasteiger partial charge >= 0.3 is 0 Å². The fourth-order valence-corrected chi connectivity index (χ4v) is 1.76. The lowest BCUT2D eigenvalue weighted by Gasteiger charge is -2.09. The fraction of sp³-hybridized carbons (Fsp3) is 0.267. The van der Waals surface area contributed by atoms with Crippen LogP contribution in [-0.4, -0.2) is 29.0 Å². The Hall–Kier alpha value is -2.43. The Kier molecular flexibility index (Phi) is 5.06. The molecule has 1 amide bonds. The highest BCUT2D eigenvalue weighted by Crippen LogP contribution is 2.13. The van der Waals surface area contributed by atoms with Crippen molar-refractivity contribution in [1.29, 1.82) is 0 Å². The Labute approximate surface area is 118 Å². The van der Waals surface area contributed by atoms with Crippen LogP contribution in [0.5, 0.6) is 5.88 Å². The van der Waals surface area contributed by atoms with Crippen molar-refractivity contribution in [3.63, 3.8) is 0 Å². The number of amides is 1. The first-order valence-electron chi connectivity index (χ1n) is 6.57. The standard InChI is InChI=1S/C15H17N3O2/c1-2-20-15-13(7-5-10-18-15)14(19)17-11-8-12-6-3-4-9-16-12/h3-7,9-10H,2,8,11H2,1H3,(H,17,19). The first-order valence-corrected chi connectivity index (χ1v) is 6.57. The van der Waals surface area contributed by atoms with Crippen LogP contribution in [0.4, 0.5) is 0 Å². The molecule has 5 heteroatoms. The van der Waals surface area contributed by atoms with Gasteiger partial charge in [0.05, 0.1) is 6.61 Å². The summed E-state index contributed by atoms with van der Waals surface area (Å²) < 4.78 is 5.34. The van der Waals surface area contributed by atoms with Crippen LogP contribution in [0.2, 0.25) is 0 Å². The lowest BCUT2D eigenvalue weighted by Crippen LogP contribution is -2.26. The van der Waals surface area contributed by atoms with Gasteiger partial charge in [0.2, 0.25) is 5.88 Å². The van der Waals surface area contributed by atoms with Crippen LogP contribution >= 0.6 is 0 Å². The summed E-state index contributed by atoms with van der Waals surface area (Å²) in [7, 11) is 0. The van der Waals surface area contributed by atoms with Crippen LogP contribution in [0.15, 0.2) is 42.7 Å². The minimum absolute atomic E-state index is 0.183. The van der Waals surface area contributed by atoms with Crippen LogP contribution in [0.1, 0.15) is 23.0 Å². The van der Waals surface area contributed by atoms with Gasteiger partial charge in [0.25, 0.3) is 5.91 Å². The molecule has 0 unspecified atom stereocenters. The van der Waals surface area contributed by atoms with Crippen molar-refractivity contribution in [2.24, 2.45) is 0 Å². The van der Waals surface area contributed by atoms with Crippen LogP contribution in [0.25, 0.3) is 0 Å². The predicted octanol–water partition coefficient (Wildman–Crippen LogP) is 1.85. The maximum absolute atomic E-state index is 12.1. The van der Waals surface area contributed by atoms with Gasteiger partial charge in [-0.3, -0.25) is 9.78 Å². The van der Waals surface area contributed by atoms with Gasteiger partial charge in [-0.05, 0) is 31.2 Å². The minimum atomic E-state index is -0.183. The molecule has 1 N–H and O–H groups in total. The molecule has 5 nitrogen and oxygen atoms in total. The number of rotatable bonds is 6. The van der Waals surface area contributed by atoms with E-state index in [-0.39, 0.29) is 5.91 Å². The highest BCUT2D eigenvalue weighted by molar-refractivity contribution is 5.96. The molecule has 104 valence electrons. The van der Waals surface area contributed by atoms with Crippen molar-refractivity contribution in [2.75, 3.05) is 13.2 Å². The van der Waals surface area contributed by atoms with Crippen molar-refractivity contribution in [2.45, 2.75) is 13.3 Å². The smallest absolute Gasteiger partial charge is 0.256 e. The summed E-state index contributed by atoms with van der Waals surface area (Å²) in [6.07, 6.45) is 4.04. The van der Waals surface area contributed by atoms with Gasteiger partial charge in [-0.15, -0.1) is 0 Å². The van der Waals surface area contributed by atoms with Crippen LogP contribution < -0.4 is 10.1 Å². The lowest BCUT2D eigenvalue weighted by atomic mass is 10.2. The summed E-state index contributed by atoms with van der Waals surface area (Å²) in [6.45, 7) is 2.86. The van der Waals surface area contributed by atoms with Crippen molar-refractivity contribution >= 4 is 5.91 Å². The molecule has 0 aliphatic carbocycles. The fourth-order valence-electron chi connectivity index (χ4n) is 1.76. The Morgan fingerprint density at radius 3 is 2.80 bits per heavy atom. The Morgan fingerprint density at radius 2 is 2.05 bits per heavy atom. The summed E-state index contributed by atoms with van der Waals surface area (Å²) in [4.78, 5) is 20.3. The van der Waals surface area contributed by atoms with Crippen LogP contribution in [-0.2, 0) is 6.42 Å². The number of hydrogen-bond donors (Lipinski definition) is 1. The highest BCUT2D eigenvalue weighted by Gasteiger charge is 2.12. The summed E-state index contributed by atoms with van der Waals surface area (Å²) in [5.74, 6) is 0.183. The number of carbonyl (C=O) groups excluding carboxylic acids is 1. The van der Waals surface area contributed by atoms with E-state index in [1.165, 1.54) is 0 Å². The predicted molar refractivity (Wildman–Crippen MR) is 75.7 cm³/mol. The Balaban J connectivity index is 1.92. The lowest BCUT2D eigenvalue weighted by molar-refractivity contribution is 0.0949. The molecule has 0 bridgehead atoms. The number of nitrogens with one attached hydrogen (secondary N) is 1. The Morgan fingerprint density at radius 1 is 1.20 bits per heavy atom. The number of carbonyl (C=O) groups is 1. The highest BCUT2D eigenvalue weighted by atomic mass is 16.5. The average Bonchev–Trinajstić information content (AvgIpc) is 2.49. The average molecular weight is 271 g/mol. The topological polar surface area (TPSA) is 64.1 Å². The van der Waals surface area contributed by atoms with Gasteiger partial charge in [0.1, 0.15) is 5.56 Å². The molecule has 20 heavy (non-hydrogen) atoms. The molecule has 2 rings (SSSR count). The van der Waals surface area contributed by atoms with Gasteiger partial charge < -0.3 is 10.1 Å². The van der Waals surface area contributed by atoms with E-state index in [4.69, 9.17) is 4.74 Å². The van der Waals surface area contributed by atoms with Crippen molar-refractivity contribution in [3.05, 3.63) is 54.0 Å². The van der Waals surface area contributed by atoms with Crippen LogP contribution in [0, 0.1) is 0 Å². The van der Waals surface area contributed by atoms with E-state index >= 15 is 0 Å². The van der Waals surface area contributed by atoms with Crippen LogP contribution in [0.3, 0.4) is 0 Å². The number of aromatic nitrogens is 2. The molecule has 0 aliphatic rings. The summed E-state index contributed by atoms with van der Waals surface area (Å²) in [6, 6.07) is 9.15. The largest absolute Gasteiger partial charge is 0.477 e. The number of hydrogen-bond acceptors (Lipinski definition) is 4. The van der Waals surface area contributed by atoms with E-state index < -0.39 is 0 Å². The maximum Gasteiger partial charge on any atom is 0.256 e. The second-order valence-electron chi connectivity index (χ2n) is 4.12. The quantitative estimate of drug-likeness (QED) is 0.870. The SMILES string of the molecule is CCOc1ncccc1C(=O)NCCc1ccccn1. The molecule has 2 aromatic rings. The van der Waals surface area contributed by atoms with Crippen molar-refractivity contribution in [1.82, 2.24) is 15.3 Å². The molecule has 0 atom stereocenters. The summed E-state index contributed by atoms with van der Waals surface area (Å²) >= 11 is 0. The molecule has 0 fully saturated rings. The zero-order chi connectivity index (χ0) is 14.2. The second-order valence-corrected chi connectivity index (χ2v) is 4.12. The molecule has 2 aromatic heterocycles. The van der Waals surface area contributed by atoms with Gasteiger partial charge in [-0.1, -0.05) is 6.07 Å². The van der Waals surface area contributed by atoms with Gasteiger partial charge in [-0.25, -0.2) is 4.98 Å². The third-order valence-electron chi connectivity index (χ3n) is 2.69. The Bertz CT molecular complexity index is 558. The first kappa shape index (κ1) is 14.0. The molecular formula is C15H17N3O2. The number of ether oxygens (including phenoxy) is 1. The van der Waals surface area contributed by atoms with E-state index in [0.29, 0.717) is 31.0 Å². The number of pyridine rings is 2. The third kappa shape index (κ3) is 3.78. The van der Waals surface area contributed by atoms with Crippen molar-refractivity contribution < 1.29 is 9.53 Å². The van der Waals surface area contributed by atoms with Gasteiger partial charge in [0, 0.05) is 31.1 Å². The maximum atomic E-state index is 12.1. The van der Waals surface area contributed by atoms with Crippen molar-refractivity contribution in [3.8, 4) is 5.88 Å². The first-order chi connectivity index (χ1) is 9.81. The molecule has 0 radical (unpaired) electrons. The molecule has 0 saturated heterocycles. The molecular weight excluding hydrogens is 254 g/mol. The van der Waals surface area contributed by atoms with E-state index in [1.54, 1.807) is 24.5 Å². The van der Waals surface area contributed by atoms with Gasteiger partial charge in [0.15, 0.2) is 0 Å². The zero-order valence-corrected chi connectivity index (χ0v) is 11.4. The zero-order valence-electron chi connectivity index (χ0n) is 11.4. The number of nitrogens with zero attached hydrogens (tertiary/aromatic N) is 2.